The summed E-state index contributed by atoms with van der Waals surface area (Å²) in [6.45, 7) is 1.97. The molecule has 0 aromatic heterocycles. The summed E-state index contributed by atoms with van der Waals surface area (Å²) in [6, 6.07) is 15.0. The summed E-state index contributed by atoms with van der Waals surface area (Å²) >= 11 is 5.87. The van der Waals surface area contributed by atoms with Crippen molar-refractivity contribution in [1.82, 2.24) is 9.62 Å². The summed E-state index contributed by atoms with van der Waals surface area (Å²) in [5, 5.41) is 0.416. The summed E-state index contributed by atoms with van der Waals surface area (Å²) in [6.07, 6.45) is 0.393. The van der Waals surface area contributed by atoms with Gasteiger partial charge in [-0.25, -0.2) is 8.42 Å². The number of likely N-dealkylation sites (tertiary alicyclic amines) is 1. The Morgan fingerprint density at radius 2 is 1.85 bits per heavy atom. The van der Waals surface area contributed by atoms with Crippen molar-refractivity contribution in [1.29, 1.82) is 0 Å². The van der Waals surface area contributed by atoms with Gasteiger partial charge in [0, 0.05) is 17.1 Å². The molecule has 1 saturated heterocycles. The van der Waals surface area contributed by atoms with Crippen molar-refractivity contribution in [2.75, 3.05) is 6.54 Å². The molecule has 1 aliphatic heterocycles. The fourth-order valence-electron chi connectivity index (χ4n) is 2.99. The van der Waals surface area contributed by atoms with E-state index in [0.29, 0.717) is 29.1 Å². The Hall–Kier alpha value is -2.38. The molecule has 1 N–H and O–H groups in total. The molecule has 0 spiro atoms. The molecule has 0 bridgehead atoms. The van der Waals surface area contributed by atoms with Crippen molar-refractivity contribution < 1.29 is 18.0 Å². The van der Waals surface area contributed by atoms with E-state index in [2.05, 4.69) is 4.72 Å². The molecule has 2 aromatic rings. The Morgan fingerprint density at radius 3 is 2.44 bits per heavy atom. The van der Waals surface area contributed by atoms with Gasteiger partial charge >= 0.3 is 0 Å². The molecule has 1 heterocycles. The van der Waals surface area contributed by atoms with Gasteiger partial charge in [-0.1, -0.05) is 41.9 Å². The number of halogens is 1. The summed E-state index contributed by atoms with van der Waals surface area (Å²) in [7, 11) is -3.92. The lowest BCUT2D eigenvalue weighted by Crippen LogP contribution is -2.67. The number of amides is 2. The Labute approximate surface area is 163 Å². The van der Waals surface area contributed by atoms with Gasteiger partial charge in [0.2, 0.25) is 10.0 Å². The van der Waals surface area contributed by atoms with E-state index in [1.165, 1.54) is 11.0 Å². The van der Waals surface area contributed by atoms with Gasteiger partial charge in [0.25, 0.3) is 11.8 Å². The molecule has 0 saturated carbocycles. The van der Waals surface area contributed by atoms with Gasteiger partial charge in [-0.05, 0) is 43.2 Å². The zero-order valence-corrected chi connectivity index (χ0v) is 16.3. The second kappa shape index (κ2) is 7.32. The highest BCUT2D eigenvalue weighted by molar-refractivity contribution is 7.89. The zero-order valence-electron chi connectivity index (χ0n) is 14.7. The first-order valence-electron chi connectivity index (χ1n) is 8.38. The summed E-state index contributed by atoms with van der Waals surface area (Å²) in [4.78, 5) is 26.7. The maximum atomic E-state index is 12.7. The van der Waals surface area contributed by atoms with Crippen molar-refractivity contribution in [3.05, 3.63) is 70.7 Å². The minimum atomic E-state index is -3.92. The maximum absolute atomic E-state index is 12.7. The molecule has 8 heteroatoms. The van der Waals surface area contributed by atoms with E-state index in [1.807, 2.05) is 0 Å². The van der Waals surface area contributed by atoms with Crippen LogP contribution in [0.5, 0.6) is 0 Å². The van der Waals surface area contributed by atoms with Crippen LogP contribution in [0.25, 0.3) is 0 Å². The number of benzene rings is 2. The van der Waals surface area contributed by atoms with E-state index in [0.717, 1.165) is 0 Å². The van der Waals surface area contributed by atoms with Crippen LogP contribution < -0.4 is 4.72 Å². The molecule has 6 nitrogen and oxygen atoms in total. The highest BCUT2D eigenvalue weighted by Gasteiger charge is 2.50. The monoisotopic (exact) mass is 406 g/mol. The number of nitrogens with one attached hydrogen (secondary N) is 1. The molecule has 2 aromatic carbocycles. The number of carbonyl (C=O) groups is 2. The quantitative estimate of drug-likeness (QED) is 0.827. The Morgan fingerprint density at radius 1 is 1.15 bits per heavy atom. The molecular weight excluding hydrogens is 388 g/mol. The molecule has 1 fully saturated rings. The highest BCUT2D eigenvalue weighted by Crippen LogP contribution is 2.32. The first kappa shape index (κ1) is 19.4. The third-order valence-corrected chi connectivity index (χ3v) is 6.11. The van der Waals surface area contributed by atoms with Gasteiger partial charge in [0.15, 0.2) is 0 Å². The second-order valence-electron chi connectivity index (χ2n) is 6.67. The van der Waals surface area contributed by atoms with Crippen molar-refractivity contribution in [3.8, 4) is 0 Å². The molecular formula is C19H19ClN2O4S. The van der Waals surface area contributed by atoms with Gasteiger partial charge in [0.1, 0.15) is 5.54 Å². The van der Waals surface area contributed by atoms with Crippen LogP contribution in [0.2, 0.25) is 5.02 Å². The number of hydrogen-bond donors (Lipinski definition) is 1. The molecule has 1 atom stereocenters. The van der Waals surface area contributed by atoms with Crippen LogP contribution in [0.15, 0.2) is 54.6 Å². The standard InChI is InChI=1S/C19H19ClN2O4S/c1-19(10-11-22(19)17(23)15-7-3-2-4-8-15)18(24)21-27(25,26)13-14-6-5-9-16(20)12-14/h2-9,12H,10-11,13H2,1H3,(H,21,24). The van der Waals surface area contributed by atoms with Crippen molar-refractivity contribution >= 4 is 33.4 Å². The number of nitrogens with zero attached hydrogens (tertiary/aromatic N) is 1. The predicted octanol–water partition coefficient (Wildman–Crippen LogP) is 2.59. The van der Waals surface area contributed by atoms with Crippen LogP contribution in [0.3, 0.4) is 0 Å². The average Bonchev–Trinajstić information content (AvgIpc) is 2.60. The zero-order chi connectivity index (χ0) is 19.7. The maximum Gasteiger partial charge on any atom is 0.259 e. The van der Waals surface area contributed by atoms with Gasteiger partial charge in [0.05, 0.1) is 5.75 Å². The lowest BCUT2D eigenvalue weighted by Gasteiger charge is -2.48. The number of carbonyl (C=O) groups excluding carboxylic acids is 2. The Balaban J connectivity index is 1.72. The summed E-state index contributed by atoms with van der Waals surface area (Å²) in [5.74, 6) is -1.38. The van der Waals surface area contributed by atoms with Gasteiger partial charge in [-0.15, -0.1) is 0 Å². The largest absolute Gasteiger partial charge is 0.324 e. The highest BCUT2D eigenvalue weighted by atomic mass is 35.5. The predicted molar refractivity (Wildman–Crippen MR) is 103 cm³/mol. The first-order valence-corrected chi connectivity index (χ1v) is 10.4. The lowest BCUT2D eigenvalue weighted by atomic mass is 9.85. The van der Waals surface area contributed by atoms with Crippen molar-refractivity contribution in [2.45, 2.75) is 24.6 Å². The van der Waals surface area contributed by atoms with Crippen molar-refractivity contribution in [3.63, 3.8) is 0 Å². The molecule has 0 aliphatic carbocycles. The molecule has 142 valence electrons. The third-order valence-electron chi connectivity index (χ3n) is 4.67. The summed E-state index contributed by atoms with van der Waals surface area (Å²) < 4.78 is 26.9. The van der Waals surface area contributed by atoms with Gasteiger partial charge in [-0.2, -0.15) is 0 Å². The molecule has 27 heavy (non-hydrogen) atoms. The van der Waals surface area contributed by atoms with E-state index in [4.69, 9.17) is 11.6 Å². The van der Waals surface area contributed by atoms with Crippen LogP contribution in [0, 0.1) is 0 Å². The van der Waals surface area contributed by atoms with E-state index in [9.17, 15) is 18.0 Å². The Bertz CT molecular complexity index is 978. The fraction of sp³-hybridized carbons (Fsp3) is 0.263. The average molecular weight is 407 g/mol. The van der Waals surface area contributed by atoms with E-state index >= 15 is 0 Å². The van der Waals surface area contributed by atoms with E-state index in [-0.39, 0.29) is 11.7 Å². The second-order valence-corrected chi connectivity index (χ2v) is 8.83. The SMILES string of the molecule is CC1(C(=O)NS(=O)(=O)Cc2cccc(Cl)c2)CCN1C(=O)c1ccccc1. The van der Waals surface area contributed by atoms with Crippen LogP contribution in [0.1, 0.15) is 29.3 Å². The smallest absolute Gasteiger partial charge is 0.259 e. The van der Waals surface area contributed by atoms with E-state index in [1.54, 1.807) is 55.5 Å². The van der Waals surface area contributed by atoms with Gasteiger partial charge < -0.3 is 4.90 Å². The minimum Gasteiger partial charge on any atom is -0.324 e. The normalized spacial score (nSPS) is 19.3. The topological polar surface area (TPSA) is 83.6 Å². The van der Waals surface area contributed by atoms with Crippen LogP contribution >= 0.6 is 11.6 Å². The van der Waals surface area contributed by atoms with Crippen LogP contribution in [-0.2, 0) is 20.6 Å². The minimum absolute atomic E-state index is 0.299. The fourth-order valence-corrected chi connectivity index (χ4v) is 4.40. The van der Waals surface area contributed by atoms with Crippen LogP contribution in [-0.4, -0.2) is 37.2 Å². The van der Waals surface area contributed by atoms with Crippen molar-refractivity contribution in [2.24, 2.45) is 0 Å². The summed E-state index contributed by atoms with van der Waals surface area (Å²) in [5.41, 5.74) is -0.272. The molecule has 1 aliphatic rings. The third kappa shape index (κ3) is 4.14. The first-order chi connectivity index (χ1) is 12.7. The van der Waals surface area contributed by atoms with Gasteiger partial charge in [-0.3, -0.25) is 14.3 Å². The molecule has 3 rings (SSSR count). The molecule has 0 radical (unpaired) electrons. The van der Waals surface area contributed by atoms with E-state index < -0.39 is 21.5 Å². The number of hydrogen-bond acceptors (Lipinski definition) is 4. The molecule has 1 unspecified atom stereocenters. The Kier molecular flexibility index (Phi) is 5.26. The number of sulfonamides is 1. The lowest BCUT2D eigenvalue weighted by molar-refractivity contribution is -0.135. The molecule has 2 amide bonds. The number of rotatable bonds is 5. The van der Waals surface area contributed by atoms with Crippen LogP contribution in [0.4, 0.5) is 0 Å².